The number of hydrogen-bond donors (Lipinski definition) is 1. The Labute approximate surface area is 108 Å². The molecule has 2 N–H and O–H groups in total. The molecule has 0 bridgehead atoms. The number of aryl methyl sites for hydroxylation is 1. The Bertz CT molecular complexity index is 493. The third-order valence-electron chi connectivity index (χ3n) is 3.35. The van der Waals surface area contributed by atoms with Crippen molar-refractivity contribution >= 4 is 10.0 Å². The number of aromatic nitrogens is 2. The van der Waals surface area contributed by atoms with Crippen LogP contribution in [0.15, 0.2) is 17.3 Å². The highest BCUT2D eigenvalue weighted by atomic mass is 32.2. The van der Waals surface area contributed by atoms with E-state index in [-0.39, 0.29) is 10.9 Å². The zero-order chi connectivity index (χ0) is 13.2. The summed E-state index contributed by atoms with van der Waals surface area (Å²) in [5.74, 6) is 0. The van der Waals surface area contributed by atoms with Crippen LogP contribution >= 0.6 is 0 Å². The fourth-order valence-corrected chi connectivity index (χ4v) is 3.80. The molecule has 0 atom stereocenters. The Morgan fingerprint density at radius 1 is 1.56 bits per heavy atom. The largest absolute Gasteiger partial charge is 0.330 e. The fraction of sp³-hybridized carbons (Fsp3) is 0.727. The first-order chi connectivity index (χ1) is 8.55. The summed E-state index contributed by atoms with van der Waals surface area (Å²) in [7, 11) is -1.70. The molecule has 6 nitrogen and oxygen atoms in total. The van der Waals surface area contributed by atoms with Crippen molar-refractivity contribution < 1.29 is 8.42 Å². The highest BCUT2D eigenvalue weighted by molar-refractivity contribution is 7.89. The van der Waals surface area contributed by atoms with E-state index in [1.165, 1.54) is 10.9 Å². The summed E-state index contributed by atoms with van der Waals surface area (Å²) < 4.78 is 28.1. The smallest absolute Gasteiger partial charge is 0.246 e. The topological polar surface area (TPSA) is 81.2 Å². The van der Waals surface area contributed by atoms with E-state index < -0.39 is 10.0 Å². The number of sulfonamides is 1. The molecule has 0 spiro atoms. The van der Waals surface area contributed by atoms with Crippen molar-refractivity contribution in [1.82, 2.24) is 14.1 Å². The molecule has 1 aliphatic rings. The second-order valence-electron chi connectivity index (χ2n) is 4.69. The first-order valence-corrected chi connectivity index (χ1v) is 7.70. The molecule has 0 amide bonds. The van der Waals surface area contributed by atoms with E-state index in [1.54, 1.807) is 17.5 Å². The summed E-state index contributed by atoms with van der Waals surface area (Å²) in [6.07, 6.45) is 6.64. The Hall–Kier alpha value is -0.920. The Kier molecular flexibility index (Phi) is 4.04. The van der Waals surface area contributed by atoms with Gasteiger partial charge in [0.25, 0.3) is 0 Å². The normalized spacial score (nSPS) is 17.1. The molecule has 0 unspecified atom stereocenters. The van der Waals surface area contributed by atoms with Crippen LogP contribution in [0, 0.1) is 0 Å². The lowest BCUT2D eigenvalue weighted by atomic mass is 9.93. The van der Waals surface area contributed by atoms with E-state index in [2.05, 4.69) is 5.10 Å². The third kappa shape index (κ3) is 2.57. The van der Waals surface area contributed by atoms with Crippen molar-refractivity contribution in [3.8, 4) is 0 Å². The maximum atomic E-state index is 12.5. The summed E-state index contributed by atoms with van der Waals surface area (Å²) in [6.45, 7) is 1.00. The van der Waals surface area contributed by atoms with E-state index in [4.69, 9.17) is 5.73 Å². The maximum absolute atomic E-state index is 12.5. The molecule has 1 aromatic heterocycles. The molecule has 7 heteroatoms. The Balaban J connectivity index is 2.22. The van der Waals surface area contributed by atoms with Gasteiger partial charge in [-0.3, -0.25) is 4.68 Å². The minimum atomic E-state index is -3.42. The highest BCUT2D eigenvalue weighted by Gasteiger charge is 2.34. The average molecular weight is 272 g/mol. The molecule has 2 rings (SSSR count). The number of hydrogen-bond acceptors (Lipinski definition) is 4. The van der Waals surface area contributed by atoms with E-state index in [0.29, 0.717) is 19.5 Å². The second-order valence-corrected chi connectivity index (χ2v) is 6.58. The van der Waals surface area contributed by atoms with Gasteiger partial charge in [-0.15, -0.1) is 0 Å². The summed E-state index contributed by atoms with van der Waals surface area (Å²) in [5.41, 5.74) is 5.48. The van der Waals surface area contributed by atoms with Gasteiger partial charge in [-0.05, 0) is 25.8 Å². The predicted octanol–water partition coefficient (Wildman–Crippen LogP) is 0.312. The van der Waals surface area contributed by atoms with Gasteiger partial charge in [-0.2, -0.15) is 9.40 Å². The van der Waals surface area contributed by atoms with Crippen molar-refractivity contribution in [3.63, 3.8) is 0 Å². The molecule has 0 saturated heterocycles. The van der Waals surface area contributed by atoms with Gasteiger partial charge in [0.1, 0.15) is 4.90 Å². The van der Waals surface area contributed by atoms with Gasteiger partial charge in [0.2, 0.25) is 10.0 Å². The van der Waals surface area contributed by atoms with Gasteiger partial charge in [0.15, 0.2) is 0 Å². The van der Waals surface area contributed by atoms with Crippen molar-refractivity contribution in [2.75, 3.05) is 13.1 Å². The lowest BCUT2D eigenvalue weighted by Crippen LogP contribution is -2.44. The SMILES string of the molecule is Cn1cc(S(=O)(=O)N(CCCN)C2CCC2)cn1. The molecule has 18 heavy (non-hydrogen) atoms. The molecular formula is C11H20N4O2S. The lowest BCUT2D eigenvalue weighted by Gasteiger charge is -2.36. The van der Waals surface area contributed by atoms with Crippen molar-refractivity contribution in [2.45, 2.75) is 36.6 Å². The van der Waals surface area contributed by atoms with E-state index in [1.807, 2.05) is 0 Å². The van der Waals surface area contributed by atoms with Crippen molar-refractivity contribution in [2.24, 2.45) is 12.8 Å². The van der Waals surface area contributed by atoms with Crippen LogP contribution in [0.4, 0.5) is 0 Å². The van der Waals surface area contributed by atoms with Gasteiger partial charge >= 0.3 is 0 Å². The van der Waals surface area contributed by atoms with Gasteiger partial charge < -0.3 is 5.73 Å². The van der Waals surface area contributed by atoms with Crippen LogP contribution in [0.5, 0.6) is 0 Å². The number of nitrogens with two attached hydrogens (primary N) is 1. The van der Waals surface area contributed by atoms with E-state index in [0.717, 1.165) is 19.3 Å². The quantitative estimate of drug-likeness (QED) is 0.808. The van der Waals surface area contributed by atoms with Crippen LogP contribution in [0.2, 0.25) is 0 Å². The second kappa shape index (κ2) is 5.38. The molecule has 1 saturated carbocycles. The molecule has 1 aliphatic carbocycles. The summed E-state index contributed by atoms with van der Waals surface area (Å²) in [4.78, 5) is 0.272. The fourth-order valence-electron chi connectivity index (χ4n) is 2.09. The molecule has 1 fully saturated rings. The van der Waals surface area contributed by atoms with Crippen LogP contribution in [0.25, 0.3) is 0 Å². The minimum absolute atomic E-state index is 0.141. The van der Waals surface area contributed by atoms with Crippen LogP contribution in [0.3, 0.4) is 0 Å². The van der Waals surface area contributed by atoms with Crippen LogP contribution < -0.4 is 5.73 Å². The zero-order valence-electron chi connectivity index (χ0n) is 10.6. The summed E-state index contributed by atoms with van der Waals surface area (Å²) in [6, 6.07) is 0.141. The summed E-state index contributed by atoms with van der Waals surface area (Å²) >= 11 is 0. The zero-order valence-corrected chi connectivity index (χ0v) is 11.4. The Morgan fingerprint density at radius 3 is 2.72 bits per heavy atom. The molecule has 0 radical (unpaired) electrons. The van der Waals surface area contributed by atoms with Gasteiger partial charge in [-0.25, -0.2) is 8.42 Å². The molecule has 0 aliphatic heterocycles. The van der Waals surface area contributed by atoms with Crippen LogP contribution in [-0.2, 0) is 17.1 Å². The van der Waals surface area contributed by atoms with E-state index >= 15 is 0 Å². The van der Waals surface area contributed by atoms with Crippen LogP contribution in [0.1, 0.15) is 25.7 Å². The molecule has 1 heterocycles. The maximum Gasteiger partial charge on any atom is 0.246 e. The number of nitrogens with zero attached hydrogens (tertiary/aromatic N) is 3. The molecule has 0 aromatic carbocycles. The van der Waals surface area contributed by atoms with E-state index in [9.17, 15) is 8.42 Å². The monoisotopic (exact) mass is 272 g/mol. The van der Waals surface area contributed by atoms with Gasteiger partial charge in [0, 0.05) is 25.8 Å². The highest BCUT2D eigenvalue weighted by Crippen LogP contribution is 2.29. The van der Waals surface area contributed by atoms with Crippen molar-refractivity contribution in [3.05, 3.63) is 12.4 Å². The molecular weight excluding hydrogens is 252 g/mol. The van der Waals surface area contributed by atoms with Crippen LogP contribution in [-0.4, -0.2) is 41.6 Å². The third-order valence-corrected chi connectivity index (χ3v) is 5.26. The Morgan fingerprint density at radius 2 is 2.28 bits per heavy atom. The summed E-state index contributed by atoms with van der Waals surface area (Å²) in [5, 5.41) is 3.93. The minimum Gasteiger partial charge on any atom is -0.330 e. The van der Waals surface area contributed by atoms with Crippen molar-refractivity contribution in [1.29, 1.82) is 0 Å². The lowest BCUT2D eigenvalue weighted by molar-refractivity contribution is 0.218. The standard InChI is InChI=1S/C11H20N4O2S/c1-14-9-11(8-13-14)18(16,17)15(7-3-6-12)10-4-2-5-10/h8-10H,2-7,12H2,1H3. The predicted molar refractivity (Wildman–Crippen MR) is 68.4 cm³/mol. The molecule has 1 aromatic rings. The average Bonchev–Trinajstić information content (AvgIpc) is 2.68. The number of rotatable bonds is 6. The molecule has 102 valence electrons. The first kappa shape index (κ1) is 13.5. The van der Waals surface area contributed by atoms with Gasteiger partial charge in [-0.1, -0.05) is 6.42 Å². The first-order valence-electron chi connectivity index (χ1n) is 6.26. The van der Waals surface area contributed by atoms with Gasteiger partial charge in [0.05, 0.1) is 6.20 Å².